The second-order valence-electron chi connectivity index (χ2n) is 3.86. The Labute approximate surface area is 86.0 Å². The van der Waals surface area contributed by atoms with Crippen molar-refractivity contribution >= 4 is 5.91 Å². The van der Waals surface area contributed by atoms with E-state index in [9.17, 15) is 4.79 Å². The highest BCUT2D eigenvalue weighted by Crippen LogP contribution is 2.07. The molecule has 2 atom stereocenters. The van der Waals surface area contributed by atoms with Gasteiger partial charge < -0.3 is 10.6 Å². The summed E-state index contributed by atoms with van der Waals surface area (Å²) >= 11 is 0. The molecule has 1 rings (SSSR count). The van der Waals surface area contributed by atoms with E-state index < -0.39 is 0 Å². The lowest BCUT2D eigenvalue weighted by Gasteiger charge is -2.37. The van der Waals surface area contributed by atoms with Gasteiger partial charge in [-0.15, -0.1) is 0 Å². The quantitative estimate of drug-likeness (QED) is 0.662. The molecule has 0 aliphatic carbocycles. The van der Waals surface area contributed by atoms with Gasteiger partial charge >= 0.3 is 0 Å². The van der Waals surface area contributed by atoms with E-state index in [1.165, 1.54) is 0 Å². The number of likely N-dealkylation sites (N-methyl/N-ethyl adjacent to an activating group) is 1. The summed E-state index contributed by atoms with van der Waals surface area (Å²) in [5.41, 5.74) is 0. The smallest absolute Gasteiger partial charge is 0.237 e. The molecular weight excluding hydrogens is 178 g/mol. The summed E-state index contributed by atoms with van der Waals surface area (Å²) in [6, 6.07) is 0.438. The second kappa shape index (κ2) is 5.32. The summed E-state index contributed by atoms with van der Waals surface area (Å²) in [7, 11) is 0. The molecule has 4 heteroatoms. The fraction of sp³-hybridized carbons (Fsp3) is 0.900. The van der Waals surface area contributed by atoms with Gasteiger partial charge in [-0.3, -0.25) is 9.69 Å². The zero-order valence-corrected chi connectivity index (χ0v) is 9.34. The Kier molecular flexibility index (Phi) is 4.35. The van der Waals surface area contributed by atoms with Crippen LogP contribution in [-0.2, 0) is 4.79 Å². The van der Waals surface area contributed by atoms with Crippen molar-refractivity contribution in [2.24, 2.45) is 0 Å². The van der Waals surface area contributed by atoms with Gasteiger partial charge in [-0.05, 0) is 20.8 Å². The van der Waals surface area contributed by atoms with Gasteiger partial charge in [0.2, 0.25) is 5.91 Å². The number of piperazine rings is 1. The van der Waals surface area contributed by atoms with E-state index in [-0.39, 0.29) is 11.9 Å². The molecule has 82 valence electrons. The number of hydrogen-bond donors (Lipinski definition) is 2. The van der Waals surface area contributed by atoms with E-state index in [1.807, 2.05) is 13.8 Å². The monoisotopic (exact) mass is 199 g/mol. The molecule has 0 spiro atoms. The summed E-state index contributed by atoms with van der Waals surface area (Å²) in [6.45, 7) is 9.71. The standard InChI is InChI=1S/C10H21N3O/c1-4-12-10(14)9(3)13-6-5-11-7-8(13)2/h8-9,11H,4-7H2,1-3H3,(H,12,14). The molecule has 2 N–H and O–H groups in total. The summed E-state index contributed by atoms with van der Waals surface area (Å²) in [5, 5.41) is 6.18. The fourth-order valence-corrected chi connectivity index (χ4v) is 1.90. The third-order valence-electron chi connectivity index (χ3n) is 2.78. The Hall–Kier alpha value is -0.610. The van der Waals surface area contributed by atoms with Crippen molar-refractivity contribution in [2.45, 2.75) is 32.9 Å². The van der Waals surface area contributed by atoms with E-state index in [1.54, 1.807) is 0 Å². The molecule has 2 unspecified atom stereocenters. The normalized spacial score (nSPS) is 25.8. The van der Waals surface area contributed by atoms with Crippen LogP contribution < -0.4 is 10.6 Å². The SMILES string of the molecule is CCNC(=O)C(C)N1CCNCC1C. The largest absolute Gasteiger partial charge is 0.355 e. The Morgan fingerprint density at radius 3 is 3.00 bits per heavy atom. The minimum absolute atomic E-state index is 0.00736. The zero-order chi connectivity index (χ0) is 10.6. The first-order chi connectivity index (χ1) is 6.66. The molecular formula is C10H21N3O. The summed E-state index contributed by atoms with van der Waals surface area (Å²) in [5.74, 6) is 0.140. The highest BCUT2D eigenvalue weighted by atomic mass is 16.2. The van der Waals surface area contributed by atoms with Crippen LogP contribution in [0.1, 0.15) is 20.8 Å². The van der Waals surface area contributed by atoms with Crippen LogP contribution in [0.2, 0.25) is 0 Å². The van der Waals surface area contributed by atoms with Crippen molar-refractivity contribution in [1.29, 1.82) is 0 Å². The number of carbonyl (C=O) groups excluding carboxylic acids is 1. The Morgan fingerprint density at radius 2 is 2.43 bits per heavy atom. The predicted octanol–water partition coefficient (Wildman–Crippen LogP) is -0.195. The van der Waals surface area contributed by atoms with E-state index in [2.05, 4.69) is 22.5 Å². The predicted molar refractivity (Wildman–Crippen MR) is 57.2 cm³/mol. The molecule has 0 aromatic carbocycles. The Morgan fingerprint density at radius 1 is 1.71 bits per heavy atom. The molecule has 14 heavy (non-hydrogen) atoms. The van der Waals surface area contributed by atoms with Crippen molar-refractivity contribution < 1.29 is 4.79 Å². The lowest BCUT2D eigenvalue weighted by atomic mass is 10.1. The fourth-order valence-electron chi connectivity index (χ4n) is 1.90. The highest BCUT2D eigenvalue weighted by Gasteiger charge is 2.26. The number of rotatable bonds is 3. The number of carbonyl (C=O) groups is 1. The van der Waals surface area contributed by atoms with Crippen LogP contribution in [-0.4, -0.2) is 49.1 Å². The Balaban J connectivity index is 2.48. The first kappa shape index (κ1) is 11.5. The molecule has 1 saturated heterocycles. The van der Waals surface area contributed by atoms with Crippen LogP contribution in [0.15, 0.2) is 0 Å². The average Bonchev–Trinajstić information content (AvgIpc) is 2.18. The van der Waals surface area contributed by atoms with Gasteiger partial charge in [-0.2, -0.15) is 0 Å². The van der Waals surface area contributed by atoms with Crippen LogP contribution in [0.4, 0.5) is 0 Å². The number of nitrogens with one attached hydrogen (secondary N) is 2. The van der Waals surface area contributed by atoms with Gasteiger partial charge in [-0.1, -0.05) is 0 Å². The van der Waals surface area contributed by atoms with E-state index in [0.29, 0.717) is 12.6 Å². The average molecular weight is 199 g/mol. The molecule has 1 heterocycles. The molecule has 1 amide bonds. The molecule has 0 bridgehead atoms. The van der Waals surface area contributed by atoms with Gasteiger partial charge in [0.15, 0.2) is 0 Å². The molecule has 0 radical (unpaired) electrons. The lowest BCUT2D eigenvalue weighted by molar-refractivity contribution is -0.126. The highest BCUT2D eigenvalue weighted by molar-refractivity contribution is 5.81. The number of nitrogens with zero attached hydrogens (tertiary/aromatic N) is 1. The molecule has 0 aromatic heterocycles. The first-order valence-electron chi connectivity index (χ1n) is 5.41. The molecule has 4 nitrogen and oxygen atoms in total. The maximum Gasteiger partial charge on any atom is 0.237 e. The molecule has 0 saturated carbocycles. The van der Waals surface area contributed by atoms with Crippen LogP contribution in [0.5, 0.6) is 0 Å². The van der Waals surface area contributed by atoms with Gasteiger partial charge in [0.25, 0.3) is 0 Å². The zero-order valence-electron chi connectivity index (χ0n) is 9.34. The summed E-state index contributed by atoms with van der Waals surface area (Å²) in [4.78, 5) is 13.9. The maximum atomic E-state index is 11.6. The van der Waals surface area contributed by atoms with Crippen molar-refractivity contribution in [2.75, 3.05) is 26.2 Å². The Bertz CT molecular complexity index is 196. The minimum atomic E-state index is -0.00736. The van der Waals surface area contributed by atoms with Gasteiger partial charge in [-0.25, -0.2) is 0 Å². The van der Waals surface area contributed by atoms with Crippen LogP contribution >= 0.6 is 0 Å². The van der Waals surface area contributed by atoms with Gasteiger partial charge in [0.05, 0.1) is 6.04 Å². The van der Waals surface area contributed by atoms with E-state index in [4.69, 9.17) is 0 Å². The molecule has 1 fully saturated rings. The van der Waals surface area contributed by atoms with Crippen LogP contribution in [0.3, 0.4) is 0 Å². The second-order valence-corrected chi connectivity index (χ2v) is 3.86. The van der Waals surface area contributed by atoms with E-state index >= 15 is 0 Å². The topological polar surface area (TPSA) is 44.4 Å². The van der Waals surface area contributed by atoms with Crippen LogP contribution in [0, 0.1) is 0 Å². The van der Waals surface area contributed by atoms with Crippen molar-refractivity contribution in [3.8, 4) is 0 Å². The third-order valence-corrected chi connectivity index (χ3v) is 2.78. The molecule has 1 aliphatic rings. The van der Waals surface area contributed by atoms with Crippen molar-refractivity contribution in [1.82, 2.24) is 15.5 Å². The maximum absolute atomic E-state index is 11.6. The van der Waals surface area contributed by atoms with Gasteiger partial charge in [0, 0.05) is 32.2 Å². The first-order valence-corrected chi connectivity index (χ1v) is 5.41. The summed E-state index contributed by atoms with van der Waals surface area (Å²) < 4.78 is 0. The number of hydrogen-bond acceptors (Lipinski definition) is 3. The minimum Gasteiger partial charge on any atom is -0.355 e. The van der Waals surface area contributed by atoms with E-state index in [0.717, 1.165) is 19.6 Å². The van der Waals surface area contributed by atoms with Crippen LogP contribution in [0.25, 0.3) is 0 Å². The number of amides is 1. The van der Waals surface area contributed by atoms with Crippen molar-refractivity contribution in [3.63, 3.8) is 0 Å². The molecule has 1 aliphatic heterocycles. The van der Waals surface area contributed by atoms with Gasteiger partial charge in [0.1, 0.15) is 0 Å². The molecule has 0 aromatic rings. The van der Waals surface area contributed by atoms with Crippen molar-refractivity contribution in [3.05, 3.63) is 0 Å². The third kappa shape index (κ3) is 2.69. The lowest BCUT2D eigenvalue weighted by Crippen LogP contribution is -2.57. The summed E-state index contributed by atoms with van der Waals surface area (Å²) in [6.07, 6.45) is 0.